The van der Waals surface area contributed by atoms with Crippen molar-refractivity contribution in [1.82, 2.24) is 9.97 Å². The Balaban J connectivity index is 2.79. The number of nitrogens with one attached hydrogen (secondary N) is 1. The standard InChI is InChI=1S/C7H9N3O/c1-5-6(10-4-9-5)2-3-7(8)11/h2-4H,1H3,(H2,8,11)(H,9,10). The molecule has 1 amide bonds. The molecule has 0 bridgehead atoms. The highest BCUT2D eigenvalue weighted by molar-refractivity contribution is 5.90. The van der Waals surface area contributed by atoms with Gasteiger partial charge in [0.05, 0.1) is 12.0 Å². The summed E-state index contributed by atoms with van der Waals surface area (Å²) in [5.41, 5.74) is 6.55. The number of nitrogens with zero attached hydrogens (tertiary/aromatic N) is 1. The number of rotatable bonds is 2. The second-order valence-corrected chi connectivity index (χ2v) is 2.15. The van der Waals surface area contributed by atoms with Crippen molar-refractivity contribution >= 4 is 12.0 Å². The second kappa shape index (κ2) is 3.01. The summed E-state index contributed by atoms with van der Waals surface area (Å²) in [4.78, 5) is 17.1. The van der Waals surface area contributed by atoms with Crippen LogP contribution in [0.1, 0.15) is 11.4 Å². The number of aryl methyl sites for hydroxylation is 1. The van der Waals surface area contributed by atoms with Crippen LogP contribution in [-0.4, -0.2) is 15.9 Å². The van der Waals surface area contributed by atoms with Crippen LogP contribution in [0.3, 0.4) is 0 Å². The number of carbonyl (C=O) groups excluding carboxylic acids is 1. The van der Waals surface area contributed by atoms with Crippen molar-refractivity contribution in [3.05, 3.63) is 23.8 Å². The largest absolute Gasteiger partial charge is 0.366 e. The molecule has 0 fully saturated rings. The van der Waals surface area contributed by atoms with Crippen molar-refractivity contribution in [2.45, 2.75) is 6.92 Å². The summed E-state index contributed by atoms with van der Waals surface area (Å²) in [6.45, 7) is 1.87. The molecule has 11 heavy (non-hydrogen) atoms. The lowest BCUT2D eigenvalue weighted by molar-refractivity contribution is -0.113. The van der Waals surface area contributed by atoms with E-state index in [1.807, 2.05) is 6.92 Å². The van der Waals surface area contributed by atoms with E-state index in [-0.39, 0.29) is 0 Å². The molecule has 0 aromatic carbocycles. The van der Waals surface area contributed by atoms with Crippen LogP contribution in [0, 0.1) is 6.92 Å². The molecule has 58 valence electrons. The Bertz CT molecular complexity index is 288. The highest BCUT2D eigenvalue weighted by atomic mass is 16.1. The van der Waals surface area contributed by atoms with E-state index in [9.17, 15) is 4.79 Å². The number of nitrogens with two attached hydrogens (primary N) is 1. The first-order valence-electron chi connectivity index (χ1n) is 3.17. The first-order chi connectivity index (χ1) is 5.20. The minimum Gasteiger partial charge on any atom is -0.366 e. The molecule has 1 aromatic rings. The van der Waals surface area contributed by atoms with Crippen LogP contribution in [0.2, 0.25) is 0 Å². The van der Waals surface area contributed by atoms with E-state index in [1.54, 1.807) is 12.4 Å². The molecule has 0 saturated carbocycles. The van der Waals surface area contributed by atoms with E-state index in [4.69, 9.17) is 5.73 Å². The normalized spacial score (nSPS) is 10.6. The van der Waals surface area contributed by atoms with E-state index in [2.05, 4.69) is 9.97 Å². The third kappa shape index (κ3) is 1.93. The topological polar surface area (TPSA) is 71.8 Å². The lowest BCUT2D eigenvalue weighted by Crippen LogP contribution is -2.05. The van der Waals surface area contributed by atoms with Gasteiger partial charge in [-0.1, -0.05) is 0 Å². The highest BCUT2D eigenvalue weighted by Gasteiger charge is 1.94. The quantitative estimate of drug-likeness (QED) is 0.593. The molecule has 0 spiro atoms. The van der Waals surface area contributed by atoms with Crippen molar-refractivity contribution in [1.29, 1.82) is 0 Å². The lowest BCUT2D eigenvalue weighted by atomic mass is 10.3. The number of hydrogen-bond acceptors (Lipinski definition) is 2. The van der Waals surface area contributed by atoms with Crippen molar-refractivity contribution in [3.8, 4) is 0 Å². The molecule has 0 unspecified atom stereocenters. The van der Waals surface area contributed by atoms with Gasteiger partial charge >= 0.3 is 0 Å². The third-order valence-corrected chi connectivity index (χ3v) is 1.27. The monoisotopic (exact) mass is 151 g/mol. The molecule has 4 heteroatoms. The van der Waals surface area contributed by atoms with Crippen LogP contribution in [0.25, 0.3) is 6.08 Å². The van der Waals surface area contributed by atoms with Crippen LogP contribution in [0.5, 0.6) is 0 Å². The minimum absolute atomic E-state index is 0.465. The number of carbonyl (C=O) groups is 1. The fourth-order valence-electron chi connectivity index (χ4n) is 0.699. The van der Waals surface area contributed by atoms with E-state index in [0.717, 1.165) is 11.4 Å². The van der Waals surface area contributed by atoms with Gasteiger partial charge < -0.3 is 10.7 Å². The maximum atomic E-state index is 10.3. The Morgan fingerprint density at radius 2 is 2.55 bits per heavy atom. The van der Waals surface area contributed by atoms with Gasteiger partial charge in [0.25, 0.3) is 0 Å². The minimum atomic E-state index is -0.465. The third-order valence-electron chi connectivity index (χ3n) is 1.27. The van der Waals surface area contributed by atoms with Gasteiger partial charge in [-0.25, -0.2) is 4.98 Å². The zero-order valence-corrected chi connectivity index (χ0v) is 6.16. The first kappa shape index (κ1) is 7.53. The summed E-state index contributed by atoms with van der Waals surface area (Å²) in [6, 6.07) is 0. The number of amides is 1. The van der Waals surface area contributed by atoms with Gasteiger partial charge in [0.15, 0.2) is 0 Å². The number of primary amides is 1. The van der Waals surface area contributed by atoms with Crippen LogP contribution in [0.15, 0.2) is 12.4 Å². The predicted molar refractivity (Wildman–Crippen MR) is 41.6 cm³/mol. The highest BCUT2D eigenvalue weighted by Crippen LogP contribution is 2.01. The molecule has 0 radical (unpaired) electrons. The summed E-state index contributed by atoms with van der Waals surface area (Å²) in [6.07, 6.45) is 4.42. The molecule has 0 aliphatic heterocycles. The lowest BCUT2D eigenvalue weighted by Gasteiger charge is -1.85. The zero-order valence-electron chi connectivity index (χ0n) is 6.16. The Kier molecular flexibility index (Phi) is 2.06. The van der Waals surface area contributed by atoms with Gasteiger partial charge in [-0.15, -0.1) is 0 Å². The van der Waals surface area contributed by atoms with Crippen molar-refractivity contribution in [3.63, 3.8) is 0 Å². The first-order valence-corrected chi connectivity index (χ1v) is 3.17. The van der Waals surface area contributed by atoms with Crippen LogP contribution < -0.4 is 5.73 Å². The van der Waals surface area contributed by atoms with Gasteiger partial charge in [-0.3, -0.25) is 4.79 Å². The van der Waals surface area contributed by atoms with Crippen molar-refractivity contribution in [2.24, 2.45) is 5.73 Å². The zero-order chi connectivity index (χ0) is 8.27. The molecule has 1 rings (SSSR count). The number of aromatic nitrogens is 2. The fraction of sp³-hybridized carbons (Fsp3) is 0.143. The molecule has 3 N–H and O–H groups in total. The smallest absolute Gasteiger partial charge is 0.241 e. The molecule has 0 atom stereocenters. The average Bonchev–Trinajstić information content (AvgIpc) is 2.31. The van der Waals surface area contributed by atoms with Gasteiger partial charge in [0, 0.05) is 11.8 Å². The summed E-state index contributed by atoms with van der Waals surface area (Å²) >= 11 is 0. The van der Waals surface area contributed by atoms with Gasteiger partial charge in [0.2, 0.25) is 5.91 Å². The van der Waals surface area contributed by atoms with E-state index in [1.165, 1.54) is 6.08 Å². The summed E-state index contributed by atoms with van der Waals surface area (Å²) in [5.74, 6) is -0.465. The molecule has 0 aliphatic rings. The van der Waals surface area contributed by atoms with E-state index >= 15 is 0 Å². The molecule has 4 nitrogen and oxygen atoms in total. The van der Waals surface area contributed by atoms with Gasteiger partial charge in [0.1, 0.15) is 0 Å². The Hall–Kier alpha value is -1.58. The Morgan fingerprint density at radius 1 is 1.82 bits per heavy atom. The average molecular weight is 151 g/mol. The molecule has 1 heterocycles. The molecule has 0 saturated heterocycles. The van der Waals surface area contributed by atoms with Crippen molar-refractivity contribution < 1.29 is 4.79 Å². The number of aromatic amines is 1. The number of hydrogen-bond donors (Lipinski definition) is 2. The van der Waals surface area contributed by atoms with Crippen LogP contribution in [0.4, 0.5) is 0 Å². The van der Waals surface area contributed by atoms with Gasteiger partial charge in [-0.2, -0.15) is 0 Å². The van der Waals surface area contributed by atoms with Crippen LogP contribution >= 0.6 is 0 Å². The Morgan fingerprint density at radius 3 is 3.00 bits per heavy atom. The molecular formula is C7H9N3O. The maximum absolute atomic E-state index is 10.3. The summed E-state index contributed by atoms with van der Waals surface area (Å²) < 4.78 is 0. The van der Waals surface area contributed by atoms with E-state index in [0.29, 0.717) is 0 Å². The molecule has 1 aromatic heterocycles. The van der Waals surface area contributed by atoms with E-state index < -0.39 is 5.91 Å². The SMILES string of the molecule is Cc1[nH]cnc1C=CC(N)=O. The number of H-pyrrole nitrogens is 1. The fourth-order valence-corrected chi connectivity index (χ4v) is 0.699. The number of imidazole rings is 1. The molecule has 0 aliphatic carbocycles. The van der Waals surface area contributed by atoms with Crippen LogP contribution in [-0.2, 0) is 4.79 Å². The van der Waals surface area contributed by atoms with Gasteiger partial charge in [-0.05, 0) is 13.0 Å². The maximum Gasteiger partial charge on any atom is 0.241 e. The predicted octanol–water partition coefficient (Wildman–Crippen LogP) is 0.217. The second-order valence-electron chi connectivity index (χ2n) is 2.15. The molecular weight excluding hydrogens is 142 g/mol. The van der Waals surface area contributed by atoms with Crippen molar-refractivity contribution in [2.75, 3.05) is 0 Å². The summed E-state index contributed by atoms with van der Waals surface area (Å²) in [5, 5.41) is 0. The summed E-state index contributed by atoms with van der Waals surface area (Å²) in [7, 11) is 0. The Labute approximate surface area is 64.1 Å².